The van der Waals surface area contributed by atoms with Crippen LogP contribution in [0.5, 0.6) is 0 Å². The van der Waals surface area contributed by atoms with Gasteiger partial charge in [0.1, 0.15) is 5.41 Å². The Labute approximate surface area is 146 Å². The fourth-order valence-electron chi connectivity index (χ4n) is 7.17. The van der Waals surface area contributed by atoms with Gasteiger partial charge in [0.15, 0.2) is 0 Å². The monoisotopic (exact) mass is 338 g/mol. The van der Waals surface area contributed by atoms with Crippen LogP contribution in [-0.2, 0) is 19.8 Å². The first-order chi connectivity index (χ1) is 12.2. The summed E-state index contributed by atoms with van der Waals surface area (Å²) in [7, 11) is 1.57. The molecule has 5 nitrogen and oxygen atoms in total. The van der Waals surface area contributed by atoms with E-state index in [0.29, 0.717) is 17.9 Å². The lowest BCUT2D eigenvalue weighted by atomic mass is 9.51. The van der Waals surface area contributed by atoms with Gasteiger partial charge in [-0.2, -0.15) is 5.06 Å². The molecule has 7 atom stereocenters. The molecule has 1 amide bonds. The number of rotatable bonds is 2. The SMILES string of the molecule is C=CC12CNC3C4COC(CC41)C1(C(=O)N(OC)c4ccccc41)C32. The number of hydrogen-bond acceptors (Lipinski definition) is 4. The molecule has 25 heavy (non-hydrogen) atoms. The molecule has 3 aliphatic heterocycles. The van der Waals surface area contributed by atoms with Crippen molar-refractivity contribution in [2.75, 3.05) is 25.3 Å². The number of benzene rings is 1. The number of fused-ring (bicyclic) bond motifs is 5. The van der Waals surface area contributed by atoms with E-state index in [1.165, 1.54) is 5.06 Å². The maximum Gasteiger partial charge on any atom is 0.264 e. The first kappa shape index (κ1) is 14.5. The predicted molar refractivity (Wildman–Crippen MR) is 91.9 cm³/mol. The van der Waals surface area contributed by atoms with Crippen LogP contribution in [0.1, 0.15) is 12.0 Å². The van der Waals surface area contributed by atoms with Crippen molar-refractivity contribution in [1.29, 1.82) is 0 Å². The van der Waals surface area contributed by atoms with Crippen LogP contribution in [-0.4, -0.2) is 38.3 Å². The van der Waals surface area contributed by atoms with Gasteiger partial charge in [0.05, 0.1) is 25.5 Å². The number of para-hydroxylation sites is 1. The van der Waals surface area contributed by atoms with Gasteiger partial charge in [0.25, 0.3) is 5.91 Å². The Morgan fingerprint density at radius 1 is 1.44 bits per heavy atom. The summed E-state index contributed by atoms with van der Waals surface area (Å²) >= 11 is 0. The lowest BCUT2D eigenvalue weighted by Gasteiger charge is -2.54. The molecule has 130 valence electrons. The molecule has 2 saturated carbocycles. The minimum absolute atomic E-state index is 0.0257. The van der Waals surface area contributed by atoms with E-state index in [1.807, 2.05) is 18.2 Å². The Bertz CT molecular complexity index is 810. The van der Waals surface area contributed by atoms with Gasteiger partial charge in [0, 0.05) is 29.8 Å². The largest absolute Gasteiger partial charge is 0.376 e. The van der Waals surface area contributed by atoms with Gasteiger partial charge >= 0.3 is 0 Å². The molecule has 5 aliphatic rings. The molecular weight excluding hydrogens is 316 g/mol. The topological polar surface area (TPSA) is 50.8 Å². The van der Waals surface area contributed by atoms with Gasteiger partial charge in [-0.1, -0.05) is 24.3 Å². The number of nitrogens with zero attached hydrogens (tertiary/aromatic N) is 1. The van der Waals surface area contributed by atoms with Crippen molar-refractivity contribution in [3.05, 3.63) is 42.5 Å². The lowest BCUT2D eigenvalue weighted by molar-refractivity contribution is -0.158. The van der Waals surface area contributed by atoms with E-state index in [4.69, 9.17) is 9.57 Å². The third-order valence-electron chi connectivity index (χ3n) is 7.88. The quantitative estimate of drug-likeness (QED) is 0.833. The number of amides is 1. The van der Waals surface area contributed by atoms with Gasteiger partial charge in [-0.15, -0.1) is 6.58 Å². The zero-order valence-corrected chi connectivity index (χ0v) is 14.3. The fraction of sp³-hybridized carbons (Fsp3) is 0.550. The predicted octanol–water partition coefficient (Wildman–Crippen LogP) is 1.64. The van der Waals surface area contributed by atoms with Crippen molar-refractivity contribution in [1.82, 2.24) is 5.32 Å². The van der Waals surface area contributed by atoms with Crippen molar-refractivity contribution in [3.63, 3.8) is 0 Å². The Balaban J connectivity index is 1.68. The number of carbonyl (C=O) groups excluding carboxylic acids is 1. The van der Waals surface area contributed by atoms with Crippen LogP contribution >= 0.6 is 0 Å². The average Bonchev–Trinajstić information content (AvgIpc) is 3.18. The molecule has 6 rings (SSSR count). The second-order valence-corrected chi connectivity index (χ2v) is 8.20. The van der Waals surface area contributed by atoms with Crippen molar-refractivity contribution < 1.29 is 14.4 Å². The first-order valence-corrected chi connectivity index (χ1v) is 9.17. The summed E-state index contributed by atoms with van der Waals surface area (Å²) in [5.41, 5.74) is 1.24. The van der Waals surface area contributed by atoms with E-state index in [-0.39, 0.29) is 23.3 Å². The highest BCUT2D eigenvalue weighted by Crippen LogP contribution is 2.72. The zero-order valence-electron chi connectivity index (χ0n) is 14.3. The Morgan fingerprint density at radius 2 is 2.28 bits per heavy atom. The first-order valence-electron chi connectivity index (χ1n) is 9.17. The molecule has 1 N–H and O–H groups in total. The molecule has 0 aromatic heterocycles. The van der Waals surface area contributed by atoms with E-state index in [2.05, 4.69) is 24.0 Å². The van der Waals surface area contributed by atoms with Crippen LogP contribution in [0.4, 0.5) is 5.69 Å². The van der Waals surface area contributed by atoms with Gasteiger partial charge in [-0.3, -0.25) is 9.63 Å². The molecule has 1 aromatic rings. The van der Waals surface area contributed by atoms with Gasteiger partial charge in [-0.05, 0) is 24.0 Å². The van der Waals surface area contributed by atoms with Crippen molar-refractivity contribution >= 4 is 11.6 Å². The highest BCUT2D eigenvalue weighted by molar-refractivity contribution is 6.08. The molecule has 4 fully saturated rings. The third-order valence-corrected chi connectivity index (χ3v) is 7.88. The molecule has 3 heterocycles. The normalized spacial score (nSPS) is 48.4. The van der Waals surface area contributed by atoms with Gasteiger partial charge in [-0.25, -0.2) is 0 Å². The standard InChI is InChI=1S/C20H22N2O3/c1-3-19-10-21-16-11-9-25-15(8-13(11)19)20(17(16)19)12-6-4-5-7-14(12)22(24-2)18(20)23/h3-7,11,13,15-17,21H,1,8-10H2,2H3. The molecule has 5 bridgehead atoms. The number of ether oxygens (including phenoxy) is 1. The zero-order chi connectivity index (χ0) is 17.0. The van der Waals surface area contributed by atoms with Crippen LogP contribution in [0.25, 0.3) is 0 Å². The highest BCUT2D eigenvalue weighted by Gasteiger charge is 2.79. The van der Waals surface area contributed by atoms with E-state index >= 15 is 0 Å². The molecule has 2 aliphatic carbocycles. The number of hydroxylamine groups is 1. The second kappa shape index (κ2) is 4.34. The Kier molecular flexibility index (Phi) is 2.51. The van der Waals surface area contributed by atoms with Crippen molar-refractivity contribution in [2.24, 2.45) is 23.2 Å². The molecule has 7 unspecified atom stereocenters. The van der Waals surface area contributed by atoms with Crippen molar-refractivity contribution in [2.45, 2.75) is 24.0 Å². The van der Waals surface area contributed by atoms with E-state index < -0.39 is 5.41 Å². The maximum absolute atomic E-state index is 13.8. The summed E-state index contributed by atoms with van der Waals surface area (Å²) in [4.78, 5) is 19.3. The summed E-state index contributed by atoms with van der Waals surface area (Å²) < 4.78 is 6.33. The van der Waals surface area contributed by atoms with Crippen LogP contribution < -0.4 is 10.4 Å². The smallest absolute Gasteiger partial charge is 0.264 e. The molecule has 1 aromatic carbocycles. The minimum Gasteiger partial charge on any atom is -0.376 e. The number of carbonyl (C=O) groups is 1. The number of anilines is 1. The summed E-state index contributed by atoms with van der Waals surface area (Å²) in [5.74, 6) is 1.26. The minimum atomic E-state index is -0.670. The lowest BCUT2D eigenvalue weighted by Crippen LogP contribution is -2.63. The average molecular weight is 338 g/mol. The van der Waals surface area contributed by atoms with Crippen LogP contribution in [0.2, 0.25) is 0 Å². The number of piperidine rings is 1. The van der Waals surface area contributed by atoms with Gasteiger partial charge in [0.2, 0.25) is 0 Å². The molecular formula is C20H22N2O3. The second-order valence-electron chi connectivity index (χ2n) is 8.20. The number of hydrogen-bond donors (Lipinski definition) is 1. The van der Waals surface area contributed by atoms with E-state index in [9.17, 15) is 4.79 Å². The highest BCUT2D eigenvalue weighted by atomic mass is 16.7. The molecule has 2 saturated heterocycles. The van der Waals surface area contributed by atoms with E-state index in [1.54, 1.807) is 7.11 Å². The van der Waals surface area contributed by atoms with Crippen molar-refractivity contribution in [3.8, 4) is 0 Å². The van der Waals surface area contributed by atoms with E-state index in [0.717, 1.165) is 30.8 Å². The maximum atomic E-state index is 13.8. The van der Waals surface area contributed by atoms with Gasteiger partial charge < -0.3 is 10.1 Å². The molecule has 5 heteroatoms. The van der Waals surface area contributed by atoms with Crippen LogP contribution in [0, 0.1) is 23.2 Å². The van der Waals surface area contributed by atoms with Crippen LogP contribution in [0.15, 0.2) is 36.9 Å². The Morgan fingerprint density at radius 3 is 3.08 bits per heavy atom. The summed E-state index contributed by atoms with van der Waals surface area (Å²) in [5, 5.41) is 5.21. The fourth-order valence-corrected chi connectivity index (χ4v) is 7.17. The summed E-state index contributed by atoms with van der Waals surface area (Å²) in [6.07, 6.45) is 3.00. The number of nitrogens with one attached hydrogen (secondary N) is 1. The summed E-state index contributed by atoms with van der Waals surface area (Å²) in [6.45, 7) is 5.88. The molecule has 0 radical (unpaired) electrons. The van der Waals surface area contributed by atoms with Crippen LogP contribution in [0.3, 0.4) is 0 Å². The third kappa shape index (κ3) is 1.26. The molecule has 1 spiro atoms. The Hall–Kier alpha value is -1.69. The summed E-state index contributed by atoms with van der Waals surface area (Å²) in [6, 6.07) is 8.37.